The number of aromatic nitrogens is 2. The number of hydrogen-bond donors (Lipinski definition) is 1. The van der Waals surface area contributed by atoms with E-state index >= 15 is 0 Å². The fourth-order valence-corrected chi connectivity index (χ4v) is 3.54. The second-order valence-electron chi connectivity index (χ2n) is 5.06. The number of ether oxygens (including phenoxy) is 1. The van der Waals surface area contributed by atoms with E-state index in [1.54, 1.807) is 12.1 Å². The highest BCUT2D eigenvalue weighted by atomic mass is 79.9. The zero-order valence-electron chi connectivity index (χ0n) is 12.2. The maximum Gasteiger partial charge on any atom is 0.264 e. The summed E-state index contributed by atoms with van der Waals surface area (Å²) in [6, 6.07) is 14.3. The Labute approximate surface area is 160 Å². The van der Waals surface area contributed by atoms with E-state index in [0.717, 1.165) is 20.2 Å². The van der Waals surface area contributed by atoms with Gasteiger partial charge in [0.2, 0.25) is 0 Å². The summed E-state index contributed by atoms with van der Waals surface area (Å²) in [6.07, 6.45) is 0.562. The highest BCUT2D eigenvalue weighted by Crippen LogP contribution is 2.33. The van der Waals surface area contributed by atoms with E-state index < -0.39 is 0 Å². The quantitative estimate of drug-likeness (QED) is 0.561. The van der Waals surface area contributed by atoms with Crippen LogP contribution in [0.15, 0.2) is 62.3 Å². The molecule has 0 unspecified atom stereocenters. The molecule has 4 nitrogen and oxygen atoms in total. The second kappa shape index (κ2) is 7.51. The van der Waals surface area contributed by atoms with Crippen LogP contribution in [0.4, 0.5) is 0 Å². The van der Waals surface area contributed by atoms with Gasteiger partial charge < -0.3 is 4.74 Å². The number of H-pyrrole nitrogens is 1. The number of nitrogens with one attached hydrogen (secondary N) is 1. The summed E-state index contributed by atoms with van der Waals surface area (Å²) in [4.78, 5) is 11.1. The number of rotatable bonds is 4. The Bertz CT molecular complexity index is 903. The number of aromatic amines is 1. The Morgan fingerprint density at radius 3 is 2.46 bits per heavy atom. The third-order valence-corrected chi connectivity index (χ3v) is 4.41. The minimum atomic E-state index is -0.223. The molecule has 1 aromatic heterocycles. The van der Waals surface area contributed by atoms with Crippen LogP contribution in [0.1, 0.15) is 11.3 Å². The smallest absolute Gasteiger partial charge is 0.264 e. The highest BCUT2D eigenvalue weighted by molar-refractivity contribution is 9.11. The standard InChI is InChI=1S/C17H11Br2ClN2O2/c18-11-7-12(19)9-14(8-11)24-16-6-10(1-3-15(16)20)5-13-2-4-17(23)22-21-13/h1-4,6-9H,5H2,(H,22,23). The molecule has 0 aliphatic rings. The molecule has 0 saturated heterocycles. The molecule has 2 aromatic carbocycles. The molecule has 0 fully saturated rings. The fraction of sp³-hybridized carbons (Fsp3) is 0.0588. The summed E-state index contributed by atoms with van der Waals surface area (Å²) in [5.41, 5.74) is 1.51. The maximum atomic E-state index is 11.1. The molecule has 1 N–H and O–H groups in total. The summed E-state index contributed by atoms with van der Waals surface area (Å²) >= 11 is 13.1. The Balaban J connectivity index is 1.85. The fourth-order valence-electron chi connectivity index (χ4n) is 2.13. The summed E-state index contributed by atoms with van der Waals surface area (Å²) in [5.74, 6) is 1.22. The lowest BCUT2D eigenvalue weighted by atomic mass is 10.1. The number of hydrogen-bond acceptors (Lipinski definition) is 3. The lowest BCUT2D eigenvalue weighted by Crippen LogP contribution is -2.07. The zero-order valence-corrected chi connectivity index (χ0v) is 16.2. The van der Waals surface area contributed by atoms with Crippen molar-refractivity contribution in [1.29, 1.82) is 0 Å². The van der Waals surface area contributed by atoms with Crippen molar-refractivity contribution in [1.82, 2.24) is 10.2 Å². The Hall–Kier alpha value is -1.63. The molecule has 0 radical (unpaired) electrons. The van der Waals surface area contributed by atoms with Gasteiger partial charge in [0.05, 0.1) is 10.7 Å². The van der Waals surface area contributed by atoms with Crippen LogP contribution in [-0.2, 0) is 6.42 Å². The second-order valence-corrected chi connectivity index (χ2v) is 7.30. The van der Waals surface area contributed by atoms with E-state index in [1.165, 1.54) is 6.07 Å². The average molecular weight is 471 g/mol. The monoisotopic (exact) mass is 468 g/mol. The van der Waals surface area contributed by atoms with E-state index in [1.807, 2.05) is 30.3 Å². The van der Waals surface area contributed by atoms with Gasteiger partial charge in [-0.1, -0.05) is 49.5 Å². The first-order valence-electron chi connectivity index (χ1n) is 6.96. The predicted octanol–water partition coefficient (Wildman–Crippen LogP) is 5.33. The third kappa shape index (κ3) is 4.47. The Morgan fingerprint density at radius 1 is 1.04 bits per heavy atom. The first-order valence-corrected chi connectivity index (χ1v) is 8.93. The van der Waals surface area contributed by atoms with Crippen molar-refractivity contribution >= 4 is 43.5 Å². The van der Waals surface area contributed by atoms with Crippen molar-refractivity contribution in [3.8, 4) is 11.5 Å². The molecular formula is C17H11Br2ClN2O2. The number of nitrogens with zero attached hydrogens (tertiary/aromatic N) is 1. The predicted molar refractivity (Wildman–Crippen MR) is 101 cm³/mol. The van der Waals surface area contributed by atoms with Gasteiger partial charge in [-0.3, -0.25) is 4.79 Å². The van der Waals surface area contributed by atoms with Crippen LogP contribution in [0.25, 0.3) is 0 Å². The summed E-state index contributed by atoms with van der Waals surface area (Å²) in [6.45, 7) is 0. The molecular weight excluding hydrogens is 459 g/mol. The molecule has 0 aliphatic carbocycles. The van der Waals surface area contributed by atoms with Crippen LogP contribution < -0.4 is 10.3 Å². The normalized spacial score (nSPS) is 10.6. The largest absolute Gasteiger partial charge is 0.456 e. The first kappa shape index (κ1) is 17.2. The Morgan fingerprint density at radius 2 is 1.79 bits per heavy atom. The van der Waals surface area contributed by atoms with Gasteiger partial charge in [0.25, 0.3) is 5.56 Å². The van der Waals surface area contributed by atoms with Crippen LogP contribution in [0, 0.1) is 0 Å². The average Bonchev–Trinajstić information content (AvgIpc) is 2.52. The van der Waals surface area contributed by atoms with Gasteiger partial charge in [-0.15, -0.1) is 0 Å². The highest BCUT2D eigenvalue weighted by Gasteiger charge is 2.08. The molecule has 7 heteroatoms. The Kier molecular flexibility index (Phi) is 5.38. The lowest BCUT2D eigenvalue weighted by Gasteiger charge is -2.10. The molecule has 1 heterocycles. The molecule has 3 rings (SSSR count). The van der Waals surface area contributed by atoms with Gasteiger partial charge in [-0.2, -0.15) is 5.10 Å². The van der Waals surface area contributed by atoms with Crippen LogP contribution in [0.5, 0.6) is 11.5 Å². The van der Waals surface area contributed by atoms with Crippen LogP contribution >= 0.6 is 43.5 Å². The van der Waals surface area contributed by atoms with Crippen molar-refractivity contribution in [3.05, 3.63) is 84.1 Å². The van der Waals surface area contributed by atoms with Gasteiger partial charge in [0, 0.05) is 21.4 Å². The molecule has 0 amide bonds. The molecule has 0 spiro atoms. The minimum Gasteiger partial charge on any atom is -0.456 e. The van der Waals surface area contributed by atoms with Crippen molar-refractivity contribution < 1.29 is 4.74 Å². The third-order valence-electron chi connectivity index (χ3n) is 3.18. The topological polar surface area (TPSA) is 55.0 Å². The van der Waals surface area contributed by atoms with E-state index in [0.29, 0.717) is 22.9 Å². The molecule has 24 heavy (non-hydrogen) atoms. The van der Waals surface area contributed by atoms with E-state index in [-0.39, 0.29) is 5.56 Å². The number of benzene rings is 2. The molecule has 0 bridgehead atoms. The van der Waals surface area contributed by atoms with E-state index in [2.05, 4.69) is 42.1 Å². The summed E-state index contributed by atoms with van der Waals surface area (Å²) < 4.78 is 7.70. The minimum absolute atomic E-state index is 0.223. The van der Waals surface area contributed by atoms with Gasteiger partial charge in [-0.05, 0) is 42.0 Å². The van der Waals surface area contributed by atoms with Gasteiger partial charge in [-0.25, -0.2) is 5.10 Å². The first-order chi connectivity index (χ1) is 11.5. The van der Waals surface area contributed by atoms with Crippen molar-refractivity contribution in [3.63, 3.8) is 0 Å². The van der Waals surface area contributed by atoms with E-state index in [4.69, 9.17) is 16.3 Å². The van der Waals surface area contributed by atoms with Crippen molar-refractivity contribution in [2.45, 2.75) is 6.42 Å². The number of halogens is 3. The van der Waals surface area contributed by atoms with Crippen molar-refractivity contribution in [2.75, 3.05) is 0 Å². The SMILES string of the molecule is O=c1ccc(Cc2ccc(Cl)c(Oc3cc(Br)cc(Br)c3)c2)n[nH]1. The van der Waals surface area contributed by atoms with Crippen LogP contribution in [0.2, 0.25) is 5.02 Å². The summed E-state index contributed by atoms with van der Waals surface area (Å²) in [5, 5.41) is 6.95. The molecule has 3 aromatic rings. The zero-order chi connectivity index (χ0) is 17.1. The van der Waals surface area contributed by atoms with Crippen LogP contribution in [-0.4, -0.2) is 10.2 Å². The van der Waals surface area contributed by atoms with Gasteiger partial charge >= 0.3 is 0 Å². The summed E-state index contributed by atoms with van der Waals surface area (Å²) in [7, 11) is 0. The maximum absolute atomic E-state index is 11.1. The lowest BCUT2D eigenvalue weighted by molar-refractivity contribution is 0.481. The van der Waals surface area contributed by atoms with Gasteiger partial charge in [0.1, 0.15) is 11.5 Å². The van der Waals surface area contributed by atoms with Gasteiger partial charge in [0.15, 0.2) is 0 Å². The van der Waals surface area contributed by atoms with E-state index in [9.17, 15) is 4.79 Å². The molecule has 0 saturated carbocycles. The van der Waals surface area contributed by atoms with Crippen LogP contribution in [0.3, 0.4) is 0 Å². The molecule has 0 aliphatic heterocycles. The van der Waals surface area contributed by atoms with Crippen molar-refractivity contribution in [2.24, 2.45) is 0 Å². The molecule has 122 valence electrons. The molecule has 0 atom stereocenters.